The van der Waals surface area contributed by atoms with Gasteiger partial charge in [-0.15, -0.1) is 11.6 Å². The third-order valence-electron chi connectivity index (χ3n) is 2.64. The fourth-order valence-electron chi connectivity index (χ4n) is 1.90. The number of hydrogen-bond donors (Lipinski definition) is 0. The lowest BCUT2D eigenvalue weighted by molar-refractivity contribution is -0.120. The van der Waals surface area contributed by atoms with Crippen LogP contribution in [-0.4, -0.2) is 11.7 Å². The molecule has 0 bridgehead atoms. The highest BCUT2D eigenvalue weighted by Gasteiger charge is 2.25. The van der Waals surface area contributed by atoms with E-state index in [9.17, 15) is 4.79 Å². The van der Waals surface area contributed by atoms with Crippen LogP contribution in [0.4, 0.5) is 0 Å². The molecule has 1 aromatic rings. The van der Waals surface area contributed by atoms with Gasteiger partial charge in [0.1, 0.15) is 0 Å². The number of hydrogen-bond acceptors (Lipinski definition) is 1. The van der Waals surface area contributed by atoms with E-state index in [-0.39, 0.29) is 17.6 Å². The van der Waals surface area contributed by atoms with Crippen LogP contribution in [0.1, 0.15) is 11.1 Å². The number of carbonyl (C=O) groups excluding carboxylic acids is 1. The van der Waals surface area contributed by atoms with E-state index in [1.54, 1.807) is 0 Å². The zero-order valence-corrected chi connectivity index (χ0v) is 8.05. The first-order chi connectivity index (χ1) is 6.31. The molecular formula is C11H11ClO. The van der Waals surface area contributed by atoms with Gasteiger partial charge in [0.25, 0.3) is 0 Å². The Morgan fingerprint density at radius 2 is 1.85 bits per heavy atom. The Labute approximate surface area is 82.7 Å². The minimum atomic E-state index is 0.134. The van der Waals surface area contributed by atoms with Crippen molar-refractivity contribution in [1.29, 1.82) is 0 Å². The average molecular weight is 195 g/mol. The van der Waals surface area contributed by atoms with Gasteiger partial charge in [-0.3, -0.25) is 4.79 Å². The van der Waals surface area contributed by atoms with Crippen molar-refractivity contribution < 1.29 is 4.79 Å². The van der Waals surface area contributed by atoms with Crippen LogP contribution in [0.15, 0.2) is 24.3 Å². The smallest absolute Gasteiger partial charge is 0.151 e. The first-order valence-corrected chi connectivity index (χ1v) is 5.00. The normalized spacial score (nSPS) is 15.8. The van der Waals surface area contributed by atoms with Crippen LogP contribution < -0.4 is 0 Å². The van der Waals surface area contributed by atoms with Crippen LogP contribution >= 0.6 is 11.6 Å². The molecule has 0 N–H and O–H groups in total. The Morgan fingerprint density at radius 3 is 2.31 bits per heavy atom. The van der Waals surface area contributed by atoms with Crippen LogP contribution in [0.5, 0.6) is 0 Å². The summed E-state index contributed by atoms with van der Waals surface area (Å²) < 4.78 is 0. The van der Waals surface area contributed by atoms with Gasteiger partial charge in [-0.2, -0.15) is 0 Å². The highest BCUT2D eigenvalue weighted by Crippen LogP contribution is 2.27. The molecule has 0 spiro atoms. The average Bonchev–Trinajstić information content (AvgIpc) is 2.59. The molecule has 0 amide bonds. The topological polar surface area (TPSA) is 17.1 Å². The Hall–Kier alpha value is -0.820. The van der Waals surface area contributed by atoms with E-state index in [4.69, 9.17) is 11.6 Å². The van der Waals surface area contributed by atoms with Gasteiger partial charge in [-0.1, -0.05) is 24.3 Å². The molecule has 1 aliphatic carbocycles. The molecule has 0 atom stereocenters. The van der Waals surface area contributed by atoms with Gasteiger partial charge in [-0.25, -0.2) is 0 Å². The zero-order valence-electron chi connectivity index (χ0n) is 7.29. The third-order valence-corrected chi connectivity index (χ3v) is 2.90. The van der Waals surface area contributed by atoms with Crippen molar-refractivity contribution in [2.75, 3.05) is 5.88 Å². The number of fused-ring (bicyclic) bond motifs is 1. The largest absolute Gasteiger partial charge is 0.298 e. The monoisotopic (exact) mass is 194 g/mol. The molecule has 1 aliphatic rings. The van der Waals surface area contributed by atoms with Gasteiger partial charge in [0, 0.05) is 5.92 Å². The van der Waals surface area contributed by atoms with E-state index in [0.29, 0.717) is 0 Å². The predicted octanol–water partition coefficient (Wildman–Crippen LogP) is 2.21. The first-order valence-electron chi connectivity index (χ1n) is 4.46. The molecule has 0 radical (unpaired) electrons. The first kappa shape index (κ1) is 8.76. The van der Waals surface area contributed by atoms with Crippen LogP contribution in [0, 0.1) is 5.92 Å². The quantitative estimate of drug-likeness (QED) is 0.660. The van der Waals surface area contributed by atoms with E-state index >= 15 is 0 Å². The van der Waals surface area contributed by atoms with Crippen molar-refractivity contribution in [2.45, 2.75) is 12.8 Å². The van der Waals surface area contributed by atoms with Crippen LogP contribution in [-0.2, 0) is 17.6 Å². The van der Waals surface area contributed by atoms with Gasteiger partial charge < -0.3 is 0 Å². The number of ketones is 1. The van der Waals surface area contributed by atoms with Gasteiger partial charge in [-0.05, 0) is 24.0 Å². The molecule has 0 unspecified atom stereocenters. The second-order valence-electron chi connectivity index (χ2n) is 3.47. The van der Waals surface area contributed by atoms with Crippen molar-refractivity contribution in [3.8, 4) is 0 Å². The summed E-state index contributed by atoms with van der Waals surface area (Å²) in [6.45, 7) is 0. The molecule has 1 nitrogen and oxygen atoms in total. The fraction of sp³-hybridized carbons (Fsp3) is 0.364. The van der Waals surface area contributed by atoms with Gasteiger partial charge in [0.05, 0.1) is 5.88 Å². The number of alkyl halides is 1. The molecule has 0 saturated carbocycles. The molecular weight excluding hydrogens is 184 g/mol. The van der Waals surface area contributed by atoms with Gasteiger partial charge in [0.2, 0.25) is 0 Å². The third kappa shape index (κ3) is 1.61. The van der Waals surface area contributed by atoms with E-state index < -0.39 is 0 Å². The minimum absolute atomic E-state index is 0.134. The molecule has 0 heterocycles. The zero-order chi connectivity index (χ0) is 9.26. The van der Waals surface area contributed by atoms with Crippen molar-refractivity contribution in [2.24, 2.45) is 5.92 Å². The molecule has 0 aromatic heterocycles. The highest BCUT2D eigenvalue weighted by atomic mass is 35.5. The fourth-order valence-corrected chi connectivity index (χ4v) is 2.11. The van der Waals surface area contributed by atoms with E-state index in [0.717, 1.165) is 12.8 Å². The number of rotatable bonds is 2. The maximum absolute atomic E-state index is 11.4. The van der Waals surface area contributed by atoms with E-state index in [1.807, 2.05) is 12.1 Å². The van der Waals surface area contributed by atoms with Crippen LogP contribution in [0.3, 0.4) is 0 Å². The Bertz CT molecular complexity index is 308. The van der Waals surface area contributed by atoms with Crippen LogP contribution in [0.25, 0.3) is 0 Å². The minimum Gasteiger partial charge on any atom is -0.298 e. The molecule has 2 heteroatoms. The number of benzene rings is 1. The van der Waals surface area contributed by atoms with Crippen molar-refractivity contribution in [1.82, 2.24) is 0 Å². The molecule has 13 heavy (non-hydrogen) atoms. The molecule has 2 rings (SSSR count). The van der Waals surface area contributed by atoms with Gasteiger partial charge in [0.15, 0.2) is 5.78 Å². The second kappa shape index (κ2) is 3.51. The van der Waals surface area contributed by atoms with E-state index in [2.05, 4.69) is 12.1 Å². The van der Waals surface area contributed by atoms with Crippen LogP contribution in [0.2, 0.25) is 0 Å². The standard InChI is InChI=1S/C11H11ClO/c12-7-11(13)10-5-8-3-1-2-4-9(8)6-10/h1-4,10H,5-7H2. The lowest BCUT2D eigenvalue weighted by Gasteiger charge is -2.02. The predicted molar refractivity (Wildman–Crippen MR) is 53.1 cm³/mol. The summed E-state index contributed by atoms with van der Waals surface area (Å²) in [5.74, 6) is 0.464. The number of carbonyl (C=O) groups is 1. The molecule has 1 aromatic carbocycles. The summed E-state index contributed by atoms with van der Waals surface area (Å²) in [5.41, 5.74) is 2.62. The summed E-state index contributed by atoms with van der Waals surface area (Å²) in [6, 6.07) is 8.23. The summed E-state index contributed by atoms with van der Waals surface area (Å²) in [4.78, 5) is 11.4. The summed E-state index contributed by atoms with van der Waals surface area (Å²) in [5, 5.41) is 0. The molecule has 0 aliphatic heterocycles. The molecule has 68 valence electrons. The summed E-state index contributed by atoms with van der Waals surface area (Å²) in [7, 11) is 0. The number of Topliss-reactive ketones (excluding diaryl/α,β-unsaturated/α-hetero) is 1. The number of halogens is 1. The Kier molecular flexibility index (Phi) is 2.36. The van der Waals surface area contributed by atoms with Crippen molar-refractivity contribution in [3.63, 3.8) is 0 Å². The second-order valence-corrected chi connectivity index (χ2v) is 3.74. The maximum atomic E-state index is 11.4. The molecule has 0 fully saturated rings. The molecule has 0 saturated heterocycles. The SMILES string of the molecule is O=C(CCl)C1Cc2ccccc2C1. The summed E-state index contributed by atoms with van der Waals surface area (Å²) >= 11 is 5.53. The van der Waals surface area contributed by atoms with Gasteiger partial charge >= 0.3 is 0 Å². The Balaban J connectivity index is 2.18. The highest BCUT2D eigenvalue weighted by molar-refractivity contribution is 6.28. The lowest BCUT2D eigenvalue weighted by Crippen LogP contribution is -2.15. The lowest BCUT2D eigenvalue weighted by atomic mass is 10.0. The maximum Gasteiger partial charge on any atom is 0.151 e. The van der Waals surface area contributed by atoms with Crippen molar-refractivity contribution in [3.05, 3.63) is 35.4 Å². The summed E-state index contributed by atoms with van der Waals surface area (Å²) in [6.07, 6.45) is 1.75. The Morgan fingerprint density at radius 1 is 1.31 bits per heavy atom. The van der Waals surface area contributed by atoms with Crippen molar-refractivity contribution >= 4 is 17.4 Å². The van der Waals surface area contributed by atoms with E-state index in [1.165, 1.54) is 11.1 Å².